The molecule has 0 saturated carbocycles. The number of rotatable bonds is 2. The zero-order valence-electron chi connectivity index (χ0n) is 6.33. The first-order valence-corrected chi connectivity index (χ1v) is 3.52. The fraction of sp³-hybridized carbons (Fsp3) is 0.500. The molecular formula is C8H11N2. The Morgan fingerprint density at radius 2 is 2.50 bits per heavy atom. The van der Waals surface area contributed by atoms with Gasteiger partial charge in [0.1, 0.15) is 6.20 Å². The maximum absolute atomic E-state index is 4.06. The van der Waals surface area contributed by atoms with Gasteiger partial charge in [0.25, 0.3) is 0 Å². The smallest absolute Gasteiger partial charge is 0.109 e. The lowest BCUT2D eigenvalue weighted by Crippen LogP contribution is -1.95. The Balaban J connectivity index is 2.75. The van der Waals surface area contributed by atoms with Gasteiger partial charge in [-0.05, 0) is 12.3 Å². The minimum atomic E-state index is 0.505. The summed E-state index contributed by atoms with van der Waals surface area (Å²) < 4.78 is 0. The predicted molar refractivity (Wildman–Crippen MR) is 39.6 cm³/mol. The van der Waals surface area contributed by atoms with Crippen molar-refractivity contribution in [1.82, 2.24) is 9.97 Å². The lowest BCUT2D eigenvalue weighted by atomic mass is 10.1. The van der Waals surface area contributed by atoms with E-state index in [2.05, 4.69) is 30.0 Å². The van der Waals surface area contributed by atoms with E-state index >= 15 is 0 Å². The van der Waals surface area contributed by atoms with Gasteiger partial charge < -0.3 is 0 Å². The Hall–Kier alpha value is -0.920. The molecule has 0 aliphatic heterocycles. The third-order valence-electron chi connectivity index (χ3n) is 1.65. The highest BCUT2D eigenvalue weighted by atomic mass is 14.8. The van der Waals surface area contributed by atoms with Crippen LogP contribution < -0.4 is 0 Å². The van der Waals surface area contributed by atoms with Crippen molar-refractivity contribution in [1.29, 1.82) is 0 Å². The Bertz CT molecular complexity index is 184. The summed E-state index contributed by atoms with van der Waals surface area (Å²) in [6, 6.07) is 0. The van der Waals surface area contributed by atoms with E-state index in [4.69, 9.17) is 0 Å². The molecule has 1 heterocycles. The van der Waals surface area contributed by atoms with Gasteiger partial charge in [-0.25, -0.2) is 4.98 Å². The first-order valence-electron chi connectivity index (χ1n) is 3.52. The van der Waals surface area contributed by atoms with Crippen molar-refractivity contribution >= 4 is 0 Å². The summed E-state index contributed by atoms with van der Waals surface area (Å²) in [5, 5.41) is 0. The maximum atomic E-state index is 4.06. The average molecular weight is 135 g/mol. The molecule has 0 aliphatic rings. The fourth-order valence-electron chi connectivity index (χ4n) is 0.726. The van der Waals surface area contributed by atoms with Gasteiger partial charge >= 0.3 is 0 Å². The molecule has 0 saturated heterocycles. The van der Waals surface area contributed by atoms with E-state index in [1.54, 1.807) is 12.4 Å². The summed E-state index contributed by atoms with van der Waals surface area (Å²) in [6.45, 7) is 4.28. The van der Waals surface area contributed by atoms with Crippen molar-refractivity contribution in [2.75, 3.05) is 0 Å². The Labute approximate surface area is 61.3 Å². The molecule has 1 aromatic rings. The van der Waals surface area contributed by atoms with Crippen molar-refractivity contribution in [3.8, 4) is 0 Å². The van der Waals surface area contributed by atoms with E-state index in [0.717, 1.165) is 12.1 Å². The molecule has 0 aliphatic carbocycles. The van der Waals surface area contributed by atoms with E-state index in [1.165, 1.54) is 0 Å². The van der Waals surface area contributed by atoms with Crippen molar-refractivity contribution < 1.29 is 0 Å². The average Bonchev–Trinajstić information content (AvgIpc) is 2.05. The van der Waals surface area contributed by atoms with E-state index in [1.807, 2.05) is 0 Å². The quantitative estimate of drug-likeness (QED) is 0.617. The van der Waals surface area contributed by atoms with Crippen LogP contribution in [0.3, 0.4) is 0 Å². The van der Waals surface area contributed by atoms with Crippen LogP contribution in [0, 0.1) is 6.20 Å². The van der Waals surface area contributed by atoms with Crippen molar-refractivity contribution in [2.45, 2.75) is 26.2 Å². The highest BCUT2D eigenvalue weighted by Gasteiger charge is 2.01. The number of aromatic nitrogens is 2. The fourth-order valence-corrected chi connectivity index (χ4v) is 0.726. The molecular weight excluding hydrogens is 124 g/mol. The lowest BCUT2D eigenvalue weighted by molar-refractivity contribution is 0.702. The van der Waals surface area contributed by atoms with E-state index in [9.17, 15) is 0 Å². The summed E-state index contributed by atoms with van der Waals surface area (Å²) in [5.74, 6) is 0.505. The first-order chi connectivity index (χ1) is 4.84. The van der Waals surface area contributed by atoms with Crippen molar-refractivity contribution in [2.24, 2.45) is 0 Å². The molecule has 1 radical (unpaired) electrons. The Morgan fingerprint density at radius 3 is 3.00 bits per heavy atom. The normalized spacial score (nSPS) is 13.0. The molecule has 0 fully saturated rings. The van der Waals surface area contributed by atoms with E-state index < -0.39 is 0 Å². The largest absolute Gasteiger partial charge is 0.260 e. The molecule has 1 atom stereocenters. The summed E-state index contributed by atoms with van der Waals surface area (Å²) >= 11 is 0. The van der Waals surface area contributed by atoms with Crippen LogP contribution in [0.4, 0.5) is 0 Å². The second-order valence-electron chi connectivity index (χ2n) is 2.38. The molecule has 2 heteroatoms. The van der Waals surface area contributed by atoms with Gasteiger partial charge in [-0.15, -0.1) is 0 Å². The number of nitrogens with zero attached hydrogens (tertiary/aromatic N) is 2. The van der Waals surface area contributed by atoms with Gasteiger partial charge in [-0.3, -0.25) is 4.98 Å². The number of hydrogen-bond donors (Lipinski definition) is 0. The standard InChI is InChI=1S/C8H11N2/c1-3-7(2)8-6-9-4-5-10-8/h4,6-7H,3H2,1-2H3. The molecule has 53 valence electrons. The van der Waals surface area contributed by atoms with Crippen LogP contribution in [-0.2, 0) is 0 Å². The van der Waals surface area contributed by atoms with Crippen molar-refractivity contribution in [3.63, 3.8) is 0 Å². The van der Waals surface area contributed by atoms with Gasteiger partial charge in [-0.2, -0.15) is 0 Å². The zero-order valence-corrected chi connectivity index (χ0v) is 6.33. The summed E-state index contributed by atoms with van der Waals surface area (Å²) in [7, 11) is 0. The van der Waals surface area contributed by atoms with Gasteiger partial charge in [-0.1, -0.05) is 13.8 Å². The molecule has 0 aromatic carbocycles. The van der Waals surface area contributed by atoms with Crippen LogP contribution in [0.2, 0.25) is 0 Å². The molecule has 2 nitrogen and oxygen atoms in total. The molecule has 10 heavy (non-hydrogen) atoms. The van der Waals surface area contributed by atoms with Gasteiger partial charge in [0, 0.05) is 6.20 Å². The highest BCUT2D eigenvalue weighted by Crippen LogP contribution is 2.13. The highest BCUT2D eigenvalue weighted by molar-refractivity contribution is 5.00. The van der Waals surface area contributed by atoms with Crippen LogP contribution in [0.1, 0.15) is 31.9 Å². The minimum Gasteiger partial charge on any atom is -0.260 e. The molecule has 1 unspecified atom stereocenters. The molecule has 0 amide bonds. The molecule has 0 spiro atoms. The van der Waals surface area contributed by atoms with Crippen LogP contribution >= 0.6 is 0 Å². The van der Waals surface area contributed by atoms with Crippen LogP contribution in [0.5, 0.6) is 0 Å². The molecule has 1 rings (SSSR count). The Morgan fingerprint density at radius 1 is 1.70 bits per heavy atom. The predicted octanol–water partition coefficient (Wildman–Crippen LogP) is 1.79. The minimum absolute atomic E-state index is 0.505. The second kappa shape index (κ2) is 3.30. The SMILES string of the molecule is CCC(C)c1cnc[c]n1. The molecule has 0 bridgehead atoms. The topological polar surface area (TPSA) is 25.8 Å². The first kappa shape index (κ1) is 7.19. The number of hydrogen-bond acceptors (Lipinski definition) is 2. The summed E-state index contributed by atoms with van der Waals surface area (Å²) in [6.07, 6.45) is 7.19. The van der Waals surface area contributed by atoms with Crippen LogP contribution in [0.25, 0.3) is 0 Å². The lowest BCUT2D eigenvalue weighted by Gasteiger charge is -2.04. The van der Waals surface area contributed by atoms with Gasteiger partial charge in [0.05, 0.1) is 11.9 Å². The van der Waals surface area contributed by atoms with Crippen LogP contribution in [-0.4, -0.2) is 9.97 Å². The third-order valence-corrected chi connectivity index (χ3v) is 1.65. The van der Waals surface area contributed by atoms with E-state index in [-0.39, 0.29) is 0 Å². The van der Waals surface area contributed by atoms with Gasteiger partial charge in [0.2, 0.25) is 0 Å². The van der Waals surface area contributed by atoms with Crippen molar-refractivity contribution in [3.05, 3.63) is 24.3 Å². The maximum Gasteiger partial charge on any atom is 0.109 e. The third kappa shape index (κ3) is 1.53. The van der Waals surface area contributed by atoms with Gasteiger partial charge in [0.15, 0.2) is 0 Å². The monoisotopic (exact) mass is 135 g/mol. The molecule has 1 aromatic heterocycles. The second-order valence-corrected chi connectivity index (χ2v) is 2.38. The van der Waals surface area contributed by atoms with Crippen LogP contribution in [0.15, 0.2) is 12.4 Å². The zero-order chi connectivity index (χ0) is 7.40. The Kier molecular flexibility index (Phi) is 2.37. The van der Waals surface area contributed by atoms with E-state index in [0.29, 0.717) is 5.92 Å². The summed E-state index contributed by atoms with van der Waals surface area (Å²) in [5.41, 5.74) is 1.03. The molecule has 0 N–H and O–H groups in total. The summed E-state index contributed by atoms with van der Waals surface area (Å²) in [4.78, 5) is 8.00.